The van der Waals surface area contributed by atoms with Gasteiger partial charge in [-0.3, -0.25) is 14.5 Å². The summed E-state index contributed by atoms with van der Waals surface area (Å²) in [6, 6.07) is 4.98. The molecule has 1 heterocycles. The lowest BCUT2D eigenvalue weighted by Gasteiger charge is -2.37. The Balaban J connectivity index is 2.50. The van der Waals surface area contributed by atoms with Crippen molar-refractivity contribution < 1.29 is 14.3 Å². The first-order chi connectivity index (χ1) is 9.49. The van der Waals surface area contributed by atoms with E-state index in [1.165, 1.54) is 11.8 Å². The zero-order chi connectivity index (χ0) is 14.9. The number of hydrogen-bond donors (Lipinski definition) is 1. The van der Waals surface area contributed by atoms with Crippen molar-refractivity contribution in [3.8, 4) is 5.75 Å². The molecule has 1 aromatic rings. The summed E-state index contributed by atoms with van der Waals surface area (Å²) < 4.78 is 5.74. The lowest BCUT2D eigenvalue weighted by Crippen LogP contribution is -2.51. The average molecular weight is 276 g/mol. The van der Waals surface area contributed by atoms with E-state index >= 15 is 0 Å². The Morgan fingerprint density at radius 2 is 2.20 bits per heavy atom. The summed E-state index contributed by atoms with van der Waals surface area (Å²) in [5.41, 5.74) is 7.20. The number of rotatable bonds is 4. The standard InChI is InChI=1S/C15H20N2O3/c1-4-13-15(19)17(9(2)10(3)18)12-6-5-11(8-16)7-14(12)20-13/h5-7,9,13H,4,8,16H2,1-3H3. The Bertz CT molecular complexity index is 542. The highest BCUT2D eigenvalue weighted by Crippen LogP contribution is 2.36. The highest BCUT2D eigenvalue weighted by atomic mass is 16.5. The van der Waals surface area contributed by atoms with Crippen LogP contribution in [0.4, 0.5) is 5.69 Å². The zero-order valence-corrected chi connectivity index (χ0v) is 12.1. The molecule has 0 saturated heterocycles. The largest absolute Gasteiger partial charge is 0.478 e. The number of nitrogens with two attached hydrogens (primary N) is 1. The maximum atomic E-state index is 12.4. The van der Waals surface area contributed by atoms with E-state index in [1.807, 2.05) is 19.1 Å². The monoisotopic (exact) mass is 276 g/mol. The third-order valence-corrected chi connectivity index (χ3v) is 3.65. The van der Waals surface area contributed by atoms with E-state index < -0.39 is 12.1 Å². The third kappa shape index (κ3) is 2.41. The Morgan fingerprint density at radius 3 is 2.75 bits per heavy atom. The molecule has 5 heteroatoms. The topological polar surface area (TPSA) is 72.6 Å². The SMILES string of the molecule is CCC1Oc2cc(CN)ccc2N(C(C)C(C)=O)C1=O. The van der Waals surface area contributed by atoms with Crippen LogP contribution >= 0.6 is 0 Å². The van der Waals surface area contributed by atoms with Gasteiger partial charge >= 0.3 is 0 Å². The predicted octanol–water partition coefficient (Wildman–Crippen LogP) is 1.63. The molecule has 0 spiro atoms. The highest BCUT2D eigenvalue weighted by Gasteiger charge is 2.37. The van der Waals surface area contributed by atoms with Gasteiger partial charge in [0.2, 0.25) is 0 Å². The first kappa shape index (κ1) is 14.5. The predicted molar refractivity (Wildman–Crippen MR) is 76.7 cm³/mol. The number of benzene rings is 1. The van der Waals surface area contributed by atoms with E-state index in [-0.39, 0.29) is 11.7 Å². The van der Waals surface area contributed by atoms with Crippen molar-refractivity contribution in [1.82, 2.24) is 0 Å². The molecular weight excluding hydrogens is 256 g/mol. The van der Waals surface area contributed by atoms with Crippen LogP contribution in [-0.4, -0.2) is 23.8 Å². The van der Waals surface area contributed by atoms with Crippen LogP contribution in [0.1, 0.15) is 32.8 Å². The number of ether oxygens (including phenoxy) is 1. The van der Waals surface area contributed by atoms with Crippen molar-refractivity contribution >= 4 is 17.4 Å². The third-order valence-electron chi connectivity index (χ3n) is 3.65. The Kier molecular flexibility index (Phi) is 4.09. The van der Waals surface area contributed by atoms with E-state index in [4.69, 9.17) is 10.5 Å². The van der Waals surface area contributed by atoms with Crippen molar-refractivity contribution in [2.45, 2.75) is 45.9 Å². The number of ketones is 1. The molecule has 1 amide bonds. The quantitative estimate of drug-likeness (QED) is 0.907. The van der Waals surface area contributed by atoms with Gasteiger partial charge in [0.05, 0.1) is 11.7 Å². The summed E-state index contributed by atoms with van der Waals surface area (Å²) in [5, 5.41) is 0. The number of hydrogen-bond acceptors (Lipinski definition) is 4. The minimum Gasteiger partial charge on any atom is -0.478 e. The Labute approximate surface area is 118 Å². The van der Waals surface area contributed by atoms with Crippen LogP contribution in [-0.2, 0) is 16.1 Å². The van der Waals surface area contributed by atoms with Crippen molar-refractivity contribution in [3.05, 3.63) is 23.8 Å². The Morgan fingerprint density at radius 1 is 1.50 bits per heavy atom. The second kappa shape index (κ2) is 5.63. The number of amides is 1. The lowest BCUT2D eigenvalue weighted by atomic mass is 10.1. The minimum absolute atomic E-state index is 0.0519. The summed E-state index contributed by atoms with van der Waals surface area (Å²) in [7, 11) is 0. The van der Waals surface area contributed by atoms with Gasteiger partial charge in [0.1, 0.15) is 5.75 Å². The van der Waals surface area contributed by atoms with Gasteiger partial charge in [0.15, 0.2) is 11.9 Å². The van der Waals surface area contributed by atoms with Gasteiger partial charge in [-0.2, -0.15) is 0 Å². The van der Waals surface area contributed by atoms with Crippen LogP contribution in [0.25, 0.3) is 0 Å². The maximum absolute atomic E-state index is 12.4. The average Bonchev–Trinajstić information content (AvgIpc) is 2.45. The molecule has 108 valence electrons. The van der Waals surface area contributed by atoms with Crippen LogP contribution in [0.15, 0.2) is 18.2 Å². The molecule has 0 bridgehead atoms. The minimum atomic E-state index is -0.544. The molecule has 1 aliphatic rings. The van der Waals surface area contributed by atoms with Crippen LogP contribution in [0.2, 0.25) is 0 Å². The van der Waals surface area contributed by atoms with E-state index in [0.29, 0.717) is 24.4 Å². The smallest absolute Gasteiger partial charge is 0.268 e. The van der Waals surface area contributed by atoms with Crippen LogP contribution in [0, 0.1) is 0 Å². The van der Waals surface area contributed by atoms with Crippen LogP contribution < -0.4 is 15.4 Å². The number of Topliss-reactive ketones (excluding diaryl/α,β-unsaturated/α-hetero) is 1. The first-order valence-electron chi connectivity index (χ1n) is 6.82. The van der Waals surface area contributed by atoms with Crippen molar-refractivity contribution in [2.24, 2.45) is 5.73 Å². The van der Waals surface area contributed by atoms with Gasteiger partial charge in [-0.15, -0.1) is 0 Å². The molecule has 0 aliphatic carbocycles. The zero-order valence-electron chi connectivity index (χ0n) is 12.1. The fourth-order valence-corrected chi connectivity index (χ4v) is 2.30. The van der Waals surface area contributed by atoms with Crippen molar-refractivity contribution in [2.75, 3.05) is 4.90 Å². The highest BCUT2D eigenvalue weighted by molar-refractivity contribution is 6.05. The van der Waals surface area contributed by atoms with E-state index in [9.17, 15) is 9.59 Å². The number of nitrogens with zero attached hydrogens (tertiary/aromatic N) is 1. The van der Waals surface area contributed by atoms with Gasteiger partial charge in [-0.25, -0.2) is 0 Å². The van der Waals surface area contributed by atoms with Crippen LogP contribution in [0.5, 0.6) is 5.75 Å². The fourth-order valence-electron chi connectivity index (χ4n) is 2.30. The number of carbonyl (C=O) groups excluding carboxylic acids is 2. The molecule has 2 N–H and O–H groups in total. The molecule has 20 heavy (non-hydrogen) atoms. The fraction of sp³-hybridized carbons (Fsp3) is 0.467. The summed E-state index contributed by atoms with van der Waals surface area (Å²) in [4.78, 5) is 25.6. The van der Waals surface area contributed by atoms with Crippen molar-refractivity contribution in [1.29, 1.82) is 0 Å². The molecule has 1 aromatic carbocycles. The van der Waals surface area contributed by atoms with Gasteiger partial charge < -0.3 is 10.5 Å². The molecule has 2 rings (SSSR count). The lowest BCUT2D eigenvalue weighted by molar-refractivity contribution is -0.129. The van der Waals surface area contributed by atoms with Crippen LogP contribution in [0.3, 0.4) is 0 Å². The molecular formula is C15H20N2O3. The molecule has 2 unspecified atom stereocenters. The van der Waals surface area contributed by atoms with E-state index in [2.05, 4.69) is 0 Å². The molecule has 0 fully saturated rings. The molecule has 1 aliphatic heterocycles. The van der Waals surface area contributed by atoms with E-state index in [1.54, 1.807) is 13.0 Å². The summed E-state index contributed by atoms with van der Waals surface area (Å²) >= 11 is 0. The number of anilines is 1. The molecule has 0 aromatic heterocycles. The van der Waals surface area contributed by atoms with Crippen molar-refractivity contribution in [3.63, 3.8) is 0 Å². The summed E-state index contributed by atoms with van der Waals surface area (Å²) in [5.74, 6) is 0.402. The second-order valence-electron chi connectivity index (χ2n) is 5.02. The first-order valence-corrected chi connectivity index (χ1v) is 6.82. The molecule has 2 atom stereocenters. The molecule has 0 saturated carbocycles. The van der Waals surface area contributed by atoms with E-state index in [0.717, 1.165) is 5.56 Å². The number of fused-ring (bicyclic) bond motifs is 1. The number of carbonyl (C=O) groups is 2. The van der Waals surface area contributed by atoms with Gasteiger partial charge in [-0.05, 0) is 38.0 Å². The van der Waals surface area contributed by atoms with Gasteiger partial charge in [0.25, 0.3) is 5.91 Å². The second-order valence-corrected chi connectivity index (χ2v) is 5.02. The Hall–Kier alpha value is -1.88. The summed E-state index contributed by atoms with van der Waals surface area (Å²) in [6.45, 7) is 5.52. The van der Waals surface area contributed by atoms with Gasteiger partial charge in [-0.1, -0.05) is 13.0 Å². The normalized spacial score (nSPS) is 19.3. The molecule has 0 radical (unpaired) electrons. The summed E-state index contributed by atoms with van der Waals surface area (Å²) in [6.07, 6.45) is 0.0176. The van der Waals surface area contributed by atoms with Gasteiger partial charge in [0, 0.05) is 6.54 Å². The maximum Gasteiger partial charge on any atom is 0.268 e. The molecule has 5 nitrogen and oxygen atoms in total.